The second-order valence-corrected chi connectivity index (χ2v) is 4.88. The molecule has 0 radical (unpaired) electrons. The Morgan fingerprint density at radius 2 is 2.13 bits per heavy atom. The first kappa shape index (κ1) is 12.2. The van der Waals surface area contributed by atoms with Gasteiger partial charge < -0.3 is 0 Å². The molecule has 4 heteroatoms. The van der Waals surface area contributed by atoms with Crippen molar-refractivity contribution >= 4 is 21.6 Å². The zero-order valence-electron chi connectivity index (χ0n) is 8.87. The molecule has 0 saturated heterocycles. The van der Waals surface area contributed by atoms with Gasteiger partial charge in [-0.2, -0.15) is 0 Å². The molecule has 0 N–H and O–H groups in total. The molecule has 15 heavy (non-hydrogen) atoms. The molecule has 0 atom stereocenters. The van der Waals surface area contributed by atoms with Crippen LogP contribution in [0.4, 0.5) is 5.69 Å². The lowest BCUT2D eigenvalue weighted by atomic mass is 10.0. The minimum absolute atomic E-state index is 0.221. The van der Waals surface area contributed by atoms with E-state index in [9.17, 15) is 10.1 Å². The van der Waals surface area contributed by atoms with Crippen molar-refractivity contribution in [3.63, 3.8) is 0 Å². The van der Waals surface area contributed by atoms with E-state index in [0.29, 0.717) is 5.92 Å². The number of nitro groups is 1. The van der Waals surface area contributed by atoms with E-state index in [1.54, 1.807) is 12.1 Å². The third-order valence-electron chi connectivity index (χ3n) is 2.23. The van der Waals surface area contributed by atoms with Crippen LogP contribution in [0.1, 0.15) is 25.8 Å². The fraction of sp³-hybridized carbons (Fsp3) is 0.455. The van der Waals surface area contributed by atoms with Gasteiger partial charge in [0.25, 0.3) is 5.69 Å². The molecule has 0 spiro atoms. The highest BCUT2D eigenvalue weighted by molar-refractivity contribution is 9.10. The highest BCUT2D eigenvalue weighted by Gasteiger charge is 2.13. The molecule has 3 nitrogen and oxygen atoms in total. The fourth-order valence-electron chi connectivity index (χ4n) is 1.38. The molecule has 82 valence electrons. The van der Waals surface area contributed by atoms with Gasteiger partial charge in [0.05, 0.1) is 4.92 Å². The zero-order valence-corrected chi connectivity index (χ0v) is 10.5. The van der Waals surface area contributed by atoms with Gasteiger partial charge in [-0.05, 0) is 30.9 Å². The normalized spacial score (nSPS) is 10.7. The largest absolute Gasteiger partial charge is 0.272 e. The molecular formula is C11H14BrNO2. The van der Waals surface area contributed by atoms with Crippen molar-refractivity contribution in [1.29, 1.82) is 0 Å². The summed E-state index contributed by atoms with van der Waals surface area (Å²) in [5, 5.41) is 10.8. The number of hydrogen-bond donors (Lipinski definition) is 0. The first-order valence-electron chi connectivity index (χ1n) is 4.93. The Morgan fingerprint density at radius 1 is 1.47 bits per heavy atom. The van der Waals surface area contributed by atoms with Gasteiger partial charge in [0.1, 0.15) is 0 Å². The number of aryl methyl sites for hydroxylation is 1. The number of hydrogen-bond acceptors (Lipinski definition) is 2. The number of nitrogens with zero attached hydrogens (tertiary/aromatic N) is 1. The van der Waals surface area contributed by atoms with Crippen molar-refractivity contribution in [2.24, 2.45) is 5.92 Å². The third kappa shape index (κ3) is 3.63. The van der Waals surface area contributed by atoms with Crippen LogP contribution in [0.2, 0.25) is 0 Å². The molecule has 0 aliphatic heterocycles. The standard InChI is InChI=1S/C11H14BrNO2/c1-8(2)3-4-9-7-10(12)5-6-11(9)13(14)15/h5-8H,3-4H2,1-2H3. The van der Waals surface area contributed by atoms with Crippen LogP contribution in [0.3, 0.4) is 0 Å². The maximum Gasteiger partial charge on any atom is 0.272 e. The van der Waals surface area contributed by atoms with Crippen molar-refractivity contribution < 1.29 is 4.92 Å². The summed E-state index contributed by atoms with van der Waals surface area (Å²) < 4.78 is 0.895. The average molecular weight is 272 g/mol. The van der Waals surface area contributed by atoms with Gasteiger partial charge in [0.15, 0.2) is 0 Å². The fourth-order valence-corrected chi connectivity index (χ4v) is 1.79. The maximum atomic E-state index is 10.8. The molecule has 0 unspecified atom stereocenters. The van der Waals surface area contributed by atoms with E-state index in [1.807, 2.05) is 6.07 Å². The summed E-state index contributed by atoms with van der Waals surface area (Å²) in [4.78, 5) is 10.5. The van der Waals surface area contributed by atoms with Crippen LogP contribution in [0.5, 0.6) is 0 Å². The molecule has 1 rings (SSSR count). The van der Waals surface area contributed by atoms with Crippen LogP contribution in [0, 0.1) is 16.0 Å². The van der Waals surface area contributed by atoms with E-state index >= 15 is 0 Å². The predicted octanol–water partition coefficient (Wildman–Crippen LogP) is 3.95. The molecule has 0 amide bonds. The van der Waals surface area contributed by atoms with Crippen molar-refractivity contribution in [3.8, 4) is 0 Å². The Balaban J connectivity index is 2.92. The molecule has 0 saturated carbocycles. The molecule has 0 aromatic heterocycles. The highest BCUT2D eigenvalue weighted by Crippen LogP contribution is 2.25. The Morgan fingerprint density at radius 3 is 2.67 bits per heavy atom. The Bertz CT molecular complexity index is 364. The number of benzene rings is 1. The third-order valence-corrected chi connectivity index (χ3v) is 2.72. The van der Waals surface area contributed by atoms with E-state index in [2.05, 4.69) is 29.8 Å². The first-order valence-corrected chi connectivity index (χ1v) is 5.73. The maximum absolute atomic E-state index is 10.8. The van der Waals surface area contributed by atoms with Gasteiger partial charge in [-0.1, -0.05) is 29.8 Å². The predicted molar refractivity (Wildman–Crippen MR) is 64.0 cm³/mol. The lowest BCUT2D eigenvalue weighted by Gasteiger charge is -2.05. The van der Waals surface area contributed by atoms with Crippen LogP contribution in [0.25, 0.3) is 0 Å². The molecule has 1 aromatic carbocycles. The van der Waals surface area contributed by atoms with Gasteiger partial charge in [-0.3, -0.25) is 10.1 Å². The zero-order chi connectivity index (χ0) is 11.4. The summed E-state index contributed by atoms with van der Waals surface area (Å²) in [5.74, 6) is 0.559. The van der Waals surface area contributed by atoms with Crippen LogP contribution in [0.15, 0.2) is 22.7 Å². The van der Waals surface area contributed by atoms with Gasteiger partial charge in [0, 0.05) is 16.1 Å². The topological polar surface area (TPSA) is 43.1 Å². The molecule has 0 aliphatic rings. The first-order chi connectivity index (χ1) is 7.00. The van der Waals surface area contributed by atoms with Crippen LogP contribution >= 0.6 is 15.9 Å². The monoisotopic (exact) mass is 271 g/mol. The van der Waals surface area contributed by atoms with Crippen molar-refractivity contribution in [1.82, 2.24) is 0 Å². The minimum Gasteiger partial charge on any atom is -0.258 e. The summed E-state index contributed by atoms with van der Waals surface area (Å²) in [7, 11) is 0. The lowest BCUT2D eigenvalue weighted by Crippen LogP contribution is -1.98. The quantitative estimate of drug-likeness (QED) is 0.615. The summed E-state index contributed by atoms with van der Waals surface area (Å²) in [5.41, 5.74) is 1.03. The van der Waals surface area contributed by atoms with E-state index in [-0.39, 0.29) is 10.6 Å². The molecule has 0 heterocycles. The second-order valence-electron chi connectivity index (χ2n) is 3.96. The minimum atomic E-state index is -0.317. The van der Waals surface area contributed by atoms with E-state index in [4.69, 9.17) is 0 Å². The van der Waals surface area contributed by atoms with Gasteiger partial charge in [0.2, 0.25) is 0 Å². The second kappa shape index (κ2) is 5.26. The SMILES string of the molecule is CC(C)CCc1cc(Br)ccc1[N+](=O)[O-]. The summed E-state index contributed by atoms with van der Waals surface area (Å²) in [6.07, 6.45) is 1.73. The molecule has 0 bridgehead atoms. The van der Waals surface area contributed by atoms with E-state index in [1.165, 1.54) is 0 Å². The number of nitro benzene ring substituents is 1. The average Bonchev–Trinajstić information content (AvgIpc) is 2.14. The summed E-state index contributed by atoms with van der Waals surface area (Å²) >= 11 is 3.33. The number of halogens is 1. The van der Waals surface area contributed by atoms with Crippen molar-refractivity contribution in [2.45, 2.75) is 26.7 Å². The van der Waals surface area contributed by atoms with E-state index in [0.717, 1.165) is 22.9 Å². The highest BCUT2D eigenvalue weighted by atomic mass is 79.9. The summed E-state index contributed by atoms with van der Waals surface area (Å²) in [6, 6.07) is 5.09. The lowest BCUT2D eigenvalue weighted by molar-refractivity contribution is -0.385. The molecular weight excluding hydrogens is 258 g/mol. The Kier molecular flexibility index (Phi) is 4.27. The van der Waals surface area contributed by atoms with E-state index < -0.39 is 0 Å². The van der Waals surface area contributed by atoms with Gasteiger partial charge >= 0.3 is 0 Å². The van der Waals surface area contributed by atoms with Crippen LogP contribution in [-0.2, 0) is 6.42 Å². The van der Waals surface area contributed by atoms with Crippen molar-refractivity contribution in [2.75, 3.05) is 0 Å². The van der Waals surface area contributed by atoms with Crippen LogP contribution < -0.4 is 0 Å². The molecule has 0 fully saturated rings. The Labute approximate surface area is 97.8 Å². The van der Waals surface area contributed by atoms with Crippen molar-refractivity contribution in [3.05, 3.63) is 38.3 Å². The van der Waals surface area contributed by atoms with Crippen LogP contribution in [-0.4, -0.2) is 4.92 Å². The smallest absolute Gasteiger partial charge is 0.258 e. The van der Waals surface area contributed by atoms with Gasteiger partial charge in [-0.25, -0.2) is 0 Å². The molecule has 1 aromatic rings. The molecule has 0 aliphatic carbocycles. The Hall–Kier alpha value is -0.900. The number of rotatable bonds is 4. The van der Waals surface area contributed by atoms with Gasteiger partial charge in [-0.15, -0.1) is 0 Å². The summed E-state index contributed by atoms with van der Waals surface area (Å²) in [6.45, 7) is 4.23.